The molecule has 7 heteroatoms. The van der Waals surface area contributed by atoms with Crippen LogP contribution in [0.5, 0.6) is 0 Å². The number of nitrogens with one attached hydrogen (secondary N) is 1. The van der Waals surface area contributed by atoms with Crippen molar-refractivity contribution in [2.45, 2.75) is 0 Å². The normalized spacial score (nSPS) is 8.18. The van der Waals surface area contributed by atoms with Crippen LogP contribution in [0.15, 0.2) is 0 Å². The summed E-state index contributed by atoms with van der Waals surface area (Å²) in [4.78, 5) is 6.98. The predicted octanol–water partition coefficient (Wildman–Crippen LogP) is -8.83. The van der Waals surface area contributed by atoms with Crippen LogP contribution in [0, 0.1) is 0 Å². The molecule has 0 aliphatic carbocycles. The molecule has 0 aliphatic heterocycles. The summed E-state index contributed by atoms with van der Waals surface area (Å²) in [5.74, 6) is 0. The molecule has 5 nitrogen and oxygen atoms in total. The van der Waals surface area contributed by atoms with Gasteiger partial charge in [-0.05, 0) is 0 Å². The van der Waals surface area contributed by atoms with Gasteiger partial charge in [-0.15, -0.1) is 0 Å². The molecule has 0 bridgehead atoms. The van der Waals surface area contributed by atoms with Gasteiger partial charge in [0.05, 0.1) is 0 Å². The molecule has 56 valence electrons. The fourth-order valence-corrected chi connectivity index (χ4v) is 0.353. The number of hydrogen-bond acceptors (Lipinski definition) is 5. The molecule has 0 unspecified atom stereocenters. The number of hydrogen-bond donors (Lipinski definition) is 1. The molecule has 0 aromatic rings. The Morgan fingerprint density at radius 3 is 1.55 bits per heavy atom. The molecule has 0 amide bonds. The minimum atomic E-state index is 0. The molecule has 0 atom stereocenters. The van der Waals surface area contributed by atoms with E-state index in [0.717, 1.165) is 0 Å². The maximum absolute atomic E-state index is 9.33. The topological polar surface area (TPSA) is 76.6 Å². The molecule has 0 saturated carbocycles. The van der Waals surface area contributed by atoms with Crippen LogP contribution < -0.4 is 74.9 Å². The molecule has 0 rings (SSSR count). The molecular formula is C4H9NNa2O4. The molecule has 11 heavy (non-hydrogen) atoms. The van der Waals surface area contributed by atoms with Crippen molar-refractivity contribution >= 4 is 0 Å². The third-order valence-electron chi connectivity index (χ3n) is 0.724. The molecule has 0 heterocycles. The van der Waals surface area contributed by atoms with E-state index in [9.17, 15) is 10.5 Å². The summed E-state index contributed by atoms with van der Waals surface area (Å²) in [6.45, 7) is 1.12. The standard InChI is InChI=1S/C4H11NO4.2Na/c6-8-3-1-5-2-4-9-7;;/h5-7H,1-4H2;;/q;2*+1/p-2. The molecule has 0 fully saturated rings. The average molecular weight is 181 g/mol. The van der Waals surface area contributed by atoms with E-state index in [2.05, 4.69) is 15.1 Å². The first-order chi connectivity index (χ1) is 4.41. The van der Waals surface area contributed by atoms with Gasteiger partial charge < -0.3 is 25.6 Å². The van der Waals surface area contributed by atoms with Gasteiger partial charge >= 0.3 is 59.1 Å². The first-order valence-electron chi connectivity index (χ1n) is 2.62. The van der Waals surface area contributed by atoms with Crippen LogP contribution in [0.2, 0.25) is 0 Å². The summed E-state index contributed by atoms with van der Waals surface area (Å²) in [6, 6.07) is 0. The first-order valence-corrected chi connectivity index (χ1v) is 2.62. The van der Waals surface area contributed by atoms with Crippen molar-refractivity contribution in [2.24, 2.45) is 0 Å². The molecule has 0 radical (unpaired) electrons. The summed E-state index contributed by atoms with van der Waals surface area (Å²) < 4.78 is 0. The van der Waals surface area contributed by atoms with Gasteiger partial charge in [0.15, 0.2) is 0 Å². The van der Waals surface area contributed by atoms with Crippen LogP contribution in [0.1, 0.15) is 0 Å². The second-order valence-electron chi connectivity index (χ2n) is 1.39. The molecule has 0 aliphatic rings. The van der Waals surface area contributed by atoms with Crippen LogP contribution in [0.3, 0.4) is 0 Å². The van der Waals surface area contributed by atoms with E-state index >= 15 is 0 Å². The van der Waals surface area contributed by atoms with Gasteiger partial charge in [-0.1, -0.05) is 0 Å². The van der Waals surface area contributed by atoms with Crippen molar-refractivity contribution in [2.75, 3.05) is 26.3 Å². The van der Waals surface area contributed by atoms with E-state index in [1.807, 2.05) is 0 Å². The van der Waals surface area contributed by atoms with E-state index in [-0.39, 0.29) is 72.3 Å². The second kappa shape index (κ2) is 17.8. The Morgan fingerprint density at radius 1 is 0.909 bits per heavy atom. The maximum atomic E-state index is 9.33. The second-order valence-corrected chi connectivity index (χ2v) is 1.39. The SMILES string of the molecule is [Na+].[Na+].[O-]OCCNCCO[O-]. The van der Waals surface area contributed by atoms with Gasteiger partial charge in [0, 0.05) is 26.3 Å². The number of rotatable bonds is 6. The van der Waals surface area contributed by atoms with Crippen molar-refractivity contribution in [3.8, 4) is 0 Å². The summed E-state index contributed by atoms with van der Waals surface area (Å²) in [6.07, 6.45) is 0. The first kappa shape index (κ1) is 18.6. The van der Waals surface area contributed by atoms with Gasteiger partial charge in [-0.2, -0.15) is 0 Å². The van der Waals surface area contributed by atoms with Crippen molar-refractivity contribution in [1.29, 1.82) is 0 Å². The van der Waals surface area contributed by atoms with Crippen molar-refractivity contribution in [3.63, 3.8) is 0 Å². The Balaban J connectivity index is -0.000000320. The van der Waals surface area contributed by atoms with E-state index < -0.39 is 0 Å². The molecule has 1 N–H and O–H groups in total. The van der Waals surface area contributed by atoms with Gasteiger partial charge in [-0.3, -0.25) is 0 Å². The predicted molar refractivity (Wildman–Crippen MR) is 24.8 cm³/mol. The molecule has 0 spiro atoms. The Labute approximate surface area is 110 Å². The van der Waals surface area contributed by atoms with Gasteiger partial charge in [0.25, 0.3) is 0 Å². The van der Waals surface area contributed by atoms with E-state index in [1.54, 1.807) is 0 Å². The molecule has 0 aromatic carbocycles. The molecular weight excluding hydrogens is 172 g/mol. The fraction of sp³-hybridized carbons (Fsp3) is 1.00. The Morgan fingerprint density at radius 2 is 1.27 bits per heavy atom. The minimum Gasteiger partial charge on any atom is -0.723 e. The van der Waals surface area contributed by atoms with Crippen LogP contribution in [-0.2, 0) is 9.78 Å². The zero-order chi connectivity index (χ0) is 6.95. The maximum Gasteiger partial charge on any atom is 1.00 e. The average Bonchev–Trinajstić information content (AvgIpc) is 1.89. The zero-order valence-corrected chi connectivity index (χ0v) is 11.0. The van der Waals surface area contributed by atoms with Gasteiger partial charge in [0.2, 0.25) is 0 Å². The van der Waals surface area contributed by atoms with E-state index in [4.69, 9.17) is 0 Å². The molecule has 0 saturated heterocycles. The fourth-order valence-electron chi connectivity index (χ4n) is 0.353. The Hall–Kier alpha value is 1.80. The quantitative estimate of drug-likeness (QED) is 0.190. The summed E-state index contributed by atoms with van der Waals surface area (Å²) in [7, 11) is 0. The summed E-state index contributed by atoms with van der Waals surface area (Å²) in [5, 5.41) is 21.4. The Bertz CT molecular complexity index is 53.4. The van der Waals surface area contributed by atoms with Gasteiger partial charge in [0.1, 0.15) is 0 Å². The van der Waals surface area contributed by atoms with Crippen LogP contribution in [0.25, 0.3) is 0 Å². The van der Waals surface area contributed by atoms with Crippen molar-refractivity contribution in [1.82, 2.24) is 5.32 Å². The van der Waals surface area contributed by atoms with Crippen LogP contribution >= 0.6 is 0 Å². The van der Waals surface area contributed by atoms with Crippen LogP contribution in [-0.4, -0.2) is 26.3 Å². The van der Waals surface area contributed by atoms with E-state index in [1.165, 1.54) is 0 Å². The third kappa shape index (κ3) is 18.6. The zero-order valence-electron chi connectivity index (χ0n) is 6.96. The van der Waals surface area contributed by atoms with Crippen molar-refractivity contribution in [3.05, 3.63) is 0 Å². The smallest absolute Gasteiger partial charge is 0.723 e. The summed E-state index contributed by atoms with van der Waals surface area (Å²) in [5.41, 5.74) is 0. The largest absolute Gasteiger partial charge is 1.00 e. The van der Waals surface area contributed by atoms with Crippen LogP contribution in [0.4, 0.5) is 0 Å². The van der Waals surface area contributed by atoms with E-state index in [0.29, 0.717) is 13.1 Å². The third-order valence-corrected chi connectivity index (χ3v) is 0.724. The van der Waals surface area contributed by atoms with Gasteiger partial charge in [-0.25, -0.2) is 0 Å². The Kier molecular flexibility index (Phi) is 30.0. The van der Waals surface area contributed by atoms with Crippen molar-refractivity contribution < 1.29 is 79.4 Å². The molecule has 0 aromatic heterocycles. The monoisotopic (exact) mass is 181 g/mol. The minimum absolute atomic E-state index is 0. The summed E-state index contributed by atoms with van der Waals surface area (Å²) >= 11 is 0.